The Morgan fingerprint density at radius 2 is 2.00 bits per heavy atom. The van der Waals surface area contributed by atoms with E-state index in [1.54, 1.807) is 0 Å². The Morgan fingerprint density at radius 1 is 1.38 bits per heavy atom. The number of carbonyl (C=O) groups excluding carboxylic acids is 1. The van der Waals surface area contributed by atoms with Gasteiger partial charge in [0.05, 0.1) is 0 Å². The number of hydrogen-bond acceptors (Lipinski definition) is 5. The van der Waals surface area contributed by atoms with E-state index in [9.17, 15) is 18.0 Å². The highest BCUT2D eigenvalue weighted by atomic mass is 32.2. The molecule has 0 atom stereocenters. The van der Waals surface area contributed by atoms with Gasteiger partial charge in [-0.2, -0.15) is 0 Å². The van der Waals surface area contributed by atoms with Gasteiger partial charge in [-0.15, -0.1) is 6.58 Å². The molecule has 0 aromatic carbocycles. The van der Waals surface area contributed by atoms with Crippen LogP contribution in [0.2, 0.25) is 0 Å². The Hall–Kier alpha value is -2.13. The summed E-state index contributed by atoms with van der Waals surface area (Å²) >= 11 is 0. The van der Waals surface area contributed by atoms with Crippen LogP contribution in [0.5, 0.6) is 0 Å². The van der Waals surface area contributed by atoms with Crippen molar-refractivity contribution in [2.24, 2.45) is 0 Å². The molecule has 0 aliphatic heterocycles. The van der Waals surface area contributed by atoms with Crippen molar-refractivity contribution in [1.82, 2.24) is 9.21 Å². The maximum Gasteiger partial charge on any atom is 0.323 e. The van der Waals surface area contributed by atoms with E-state index in [1.807, 2.05) is 0 Å². The molecule has 21 heavy (non-hydrogen) atoms. The van der Waals surface area contributed by atoms with Crippen molar-refractivity contribution in [3.05, 3.63) is 30.5 Å². The van der Waals surface area contributed by atoms with Gasteiger partial charge in [-0.05, 0) is 12.1 Å². The van der Waals surface area contributed by atoms with E-state index < -0.39 is 28.4 Å². The molecule has 1 amide bonds. The zero-order valence-corrected chi connectivity index (χ0v) is 12.5. The summed E-state index contributed by atoms with van der Waals surface area (Å²) in [6, 6.07) is 2.34. The summed E-state index contributed by atoms with van der Waals surface area (Å²) in [5.41, 5.74) is 0. The number of rotatable bonds is 7. The van der Waals surface area contributed by atoms with Crippen LogP contribution >= 0.6 is 0 Å². The lowest BCUT2D eigenvalue weighted by Crippen LogP contribution is -2.35. The van der Waals surface area contributed by atoms with Gasteiger partial charge in [0, 0.05) is 20.6 Å². The molecule has 1 aromatic heterocycles. The Balaban J connectivity index is 3.06. The standard InChI is InChI=1S/C12H16N2O6S/c1-4-7-14(8-10(15)16)12(17)9-5-6-11(20-9)21(18,19)13(2)3/h4-6H,1,7-8H2,2-3H3,(H,15,16). The summed E-state index contributed by atoms with van der Waals surface area (Å²) in [5, 5.41) is 8.37. The van der Waals surface area contributed by atoms with Crippen molar-refractivity contribution >= 4 is 21.9 Å². The average Bonchev–Trinajstić information content (AvgIpc) is 2.86. The highest BCUT2D eigenvalue weighted by Gasteiger charge is 2.26. The maximum absolute atomic E-state index is 12.1. The summed E-state index contributed by atoms with van der Waals surface area (Å²) in [5.74, 6) is -2.17. The third-order valence-corrected chi connectivity index (χ3v) is 4.18. The molecular formula is C12H16N2O6S. The second kappa shape index (κ2) is 6.55. The molecule has 0 bridgehead atoms. The van der Waals surface area contributed by atoms with E-state index in [0.717, 1.165) is 15.3 Å². The van der Waals surface area contributed by atoms with E-state index in [-0.39, 0.29) is 17.4 Å². The van der Waals surface area contributed by atoms with Crippen LogP contribution in [0.4, 0.5) is 0 Å². The zero-order valence-electron chi connectivity index (χ0n) is 11.6. The highest BCUT2D eigenvalue weighted by molar-refractivity contribution is 7.88. The first kappa shape index (κ1) is 16.9. The minimum atomic E-state index is -3.79. The number of carboxylic acid groups (broad SMARTS) is 1. The molecular weight excluding hydrogens is 300 g/mol. The molecule has 1 aromatic rings. The molecule has 0 aliphatic rings. The molecule has 0 fully saturated rings. The number of sulfonamides is 1. The van der Waals surface area contributed by atoms with E-state index in [1.165, 1.54) is 26.2 Å². The van der Waals surface area contributed by atoms with Crippen LogP contribution in [0, 0.1) is 0 Å². The van der Waals surface area contributed by atoms with Crippen LogP contribution in [-0.2, 0) is 14.8 Å². The van der Waals surface area contributed by atoms with E-state index in [0.29, 0.717) is 0 Å². The average molecular weight is 316 g/mol. The van der Waals surface area contributed by atoms with Crippen LogP contribution in [0.3, 0.4) is 0 Å². The van der Waals surface area contributed by atoms with Gasteiger partial charge in [0.15, 0.2) is 5.76 Å². The summed E-state index contributed by atoms with van der Waals surface area (Å²) < 4.78 is 29.7. The maximum atomic E-state index is 12.1. The summed E-state index contributed by atoms with van der Waals surface area (Å²) in [6.45, 7) is 2.89. The fourth-order valence-electron chi connectivity index (χ4n) is 1.45. The second-order valence-corrected chi connectivity index (χ2v) is 6.36. The summed E-state index contributed by atoms with van der Waals surface area (Å²) in [4.78, 5) is 23.8. The number of hydrogen-bond donors (Lipinski definition) is 1. The van der Waals surface area contributed by atoms with Crippen molar-refractivity contribution in [1.29, 1.82) is 0 Å². The number of furan rings is 1. The van der Waals surface area contributed by atoms with Gasteiger partial charge in [-0.3, -0.25) is 9.59 Å². The smallest absolute Gasteiger partial charge is 0.323 e. The molecule has 0 unspecified atom stereocenters. The molecule has 1 rings (SSSR count). The third-order valence-electron chi connectivity index (χ3n) is 2.49. The Labute approximate surface area is 122 Å². The molecule has 0 spiro atoms. The predicted octanol–water partition coefficient (Wildman–Crippen LogP) is 0.243. The molecule has 1 heterocycles. The van der Waals surface area contributed by atoms with E-state index in [4.69, 9.17) is 9.52 Å². The van der Waals surface area contributed by atoms with Crippen molar-refractivity contribution < 1.29 is 27.5 Å². The van der Waals surface area contributed by atoms with Crippen LogP contribution < -0.4 is 0 Å². The lowest BCUT2D eigenvalue weighted by atomic mass is 10.3. The summed E-state index contributed by atoms with van der Waals surface area (Å²) in [6.07, 6.45) is 1.36. The van der Waals surface area contributed by atoms with E-state index in [2.05, 4.69) is 6.58 Å². The number of aliphatic carboxylic acids is 1. The number of carboxylic acids is 1. The van der Waals surface area contributed by atoms with Crippen LogP contribution in [-0.4, -0.2) is 61.8 Å². The van der Waals surface area contributed by atoms with Crippen LogP contribution in [0.25, 0.3) is 0 Å². The van der Waals surface area contributed by atoms with Crippen LogP contribution in [0.15, 0.2) is 34.3 Å². The van der Waals surface area contributed by atoms with Gasteiger partial charge in [0.2, 0.25) is 5.09 Å². The fourth-order valence-corrected chi connectivity index (χ4v) is 2.24. The first-order chi connectivity index (χ1) is 9.70. The Bertz CT molecular complexity index is 646. The van der Waals surface area contributed by atoms with Crippen molar-refractivity contribution in [3.8, 4) is 0 Å². The molecule has 0 radical (unpaired) electrons. The number of nitrogens with zero attached hydrogens (tertiary/aromatic N) is 2. The predicted molar refractivity (Wildman–Crippen MR) is 73.3 cm³/mol. The van der Waals surface area contributed by atoms with Gasteiger partial charge >= 0.3 is 5.97 Å². The van der Waals surface area contributed by atoms with Gasteiger partial charge in [-0.25, -0.2) is 12.7 Å². The molecule has 9 heteroatoms. The van der Waals surface area contributed by atoms with E-state index >= 15 is 0 Å². The lowest BCUT2D eigenvalue weighted by molar-refractivity contribution is -0.137. The zero-order chi connectivity index (χ0) is 16.2. The largest absolute Gasteiger partial charge is 0.480 e. The quantitative estimate of drug-likeness (QED) is 0.722. The molecule has 1 N–H and O–H groups in total. The minimum Gasteiger partial charge on any atom is -0.480 e. The SMILES string of the molecule is C=CCN(CC(=O)O)C(=O)c1ccc(S(=O)(=O)N(C)C)o1. The monoisotopic (exact) mass is 316 g/mol. The summed E-state index contributed by atoms with van der Waals surface area (Å²) in [7, 11) is -1.14. The van der Waals surface area contributed by atoms with Gasteiger partial charge in [-0.1, -0.05) is 6.08 Å². The fraction of sp³-hybridized carbons (Fsp3) is 0.333. The Kier molecular flexibility index (Phi) is 5.28. The third kappa shape index (κ3) is 3.92. The normalized spacial score (nSPS) is 11.4. The van der Waals surface area contributed by atoms with Gasteiger partial charge in [0.1, 0.15) is 6.54 Å². The Morgan fingerprint density at radius 3 is 2.48 bits per heavy atom. The molecule has 116 valence electrons. The molecule has 8 nitrogen and oxygen atoms in total. The molecule has 0 saturated heterocycles. The van der Waals surface area contributed by atoms with Gasteiger partial charge < -0.3 is 14.4 Å². The van der Waals surface area contributed by atoms with Crippen LogP contribution in [0.1, 0.15) is 10.6 Å². The first-order valence-corrected chi connectivity index (χ1v) is 7.28. The number of amides is 1. The topological polar surface area (TPSA) is 108 Å². The van der Waals surface area contributed by atoms with Crippen molar-refractivity contribution in [2.75, 3.05) is 27.2 Å². The van der Waals surface area contributed by atoms with Crippen molar-refractivity contribution in [2.45, 2.75) is 5.09 Å². The first-order valence-electron chi connectivity index (χ1n) is 5.84. The van der Waals surface area contributed by atoms with Gasteiger partial charge in [0.25, 0.3) is 15.9 Å². The van der Waals surface area contributed by atoms with Crippen molar-refractivity contribution in [3.63, 3.8) is 0 Å². The lowest BCUT2D eigenvalue weighted by Gasteiger charge is -2.17. The second-order valence-electron chi connectivity index (χ2n) is 4.27. The molecule has 0 aliphatic carbocycles. The highest BCUT2D eigenvalue weighted by Crippen LogP contribution is 2.18. The number of carbonyl (C=O) groups is 2. The molecule has 0 saturated carbocycles. The minimum absolute atomic E-state index is 0.00158.